The molecule has 2 aromatic carbocycles. The summed E-state index contributed by atoms with van der Waals surface area (Å²) in [5.41, 5.74) is 0.484. The van der Waals surface area contributed by atoms with Gasteiger partial charge in [0.05, 0.1) is 14.7 Å². The van der Waals surface area contributed by atoms with Crippen LogP contribution in [0.3, 0.4) is 0 Å². The fraction of sp³-hybridized carbons (Fsp3) is 0.143. The van der Waals surface area contributed by atoms with Gasteiger partial charge in [0.15, 0.2) is 0 Å². The number of aryl methyl sites for hydroxylation is 1. The van der Waals surface area contributed by atoms with Crippen molar-refractivity contribution in [3.8, 4) is 0 Å². The smallest absolute Gasteiger partial charge is 0.282 e. The van der Waals surface area contributed by atoms with Gasteiger partial charge in [0, 0.05) is 30.2 Å². The van der Waals surface area contributed by atoms with Crippen molar-refractivity contribution in [3.05, 3.63) is 73.3 Å². The van der Waals surface area contributed by atoms with Crippen LogP contribution >= 0.6 is 0 Å². The Balaban J connectivity index is 2.56. The topological polar surface area (TPSA) is 141 Å². The van der Waals surface area contributed by atoms with Crippen molar-refractivity contribution in [2.45, 2.75) is 18.2 Å². The molecule has 0 fully saturated rings. The summed E-state index contributed by atoms with van der Waals surface area (Å²) in [5, 5.41) is 22.0. The fourth-order valence-electron chi connectivity index (χ4n) is 2.21. The van der Waals surface area contributed by atoms with E-state index in [-0.39, 0.29) is 28.3 Å². The second kappa shape index (κ2) is 6.34. The summed E-state index contributed by atoms with van der Waals surface area (Å²) in [4.78, 5) is 20.3. The Morgan fingerprint density at radius 1 is 1.00 bits per heavy atom. The minimum atomic E-state index is -4.42. The number of nitro benzene ring substituents is 2. The van der Waals surface area contributed by atoms with Crippen LogP contribution < -0.4 is 0 Å². The molecular weight excluding hydrogens is 340 g/mol. The molecule has 24 heavy (non-hydrogen) atoms. The van der Waals surface area contributed by atoms with Crippen molar-refractivity contribution in [1.82, 2.24) is 0 Å². The van der Waals surface area contributed by atoms with Crippen LogP contribution in [0.5, 0.6) is 0 Å². The number of nitrogens with zero attached hydrogens (tertiary/aromatic N) is 2. The van der Waals surface area contributed by atoms with Crippen molar-refractivity contribution >= 4 is 21.5 Å². The fourth-order valence-corrected chi connectivity index (χ4v) is 2.74. The third-order valence-electron chi connectivity index (χ3n) is 3.47. The quantitative estimate of drug-likeness (QED) is 0.495. The second-order valence-electron chi connectivity index (χ2n) is 5.07. The summed E-state index contributed by atoms with van der Waals surface area (Å²) < 4.78 is 31.6. The average Bonchev–Trinajstić information content (AvgIpc) is 2.47. The maximum atomic E-state index is 11.2. The van der Waals surface area contributed by atoms with Crippen LogP contribution in [0.4, 0.5) is 11.4 Å². The van der Waals surface area contributed by atoms with Crippen LogP contribution in [0.1, 0.15) is 16.7 Å². The molecule has 9 nitrogen and oxygen atoms in total. The van der Waals surface area contributed by atoms with Gasteiger partial charge in [0.1, 0.15) is 0 Å². The molecule has 0 saturated carbocycles. The molecule has 0 unspecified atom stereocenters. The summed E-state index contributed by atoms with van der Waals surface area (Å²) >= 11 is 0. The zero-order valence-electron chi connectivity index (χ0n) is 12.4. The summed E-state index contributed by atoms with van der Waals surface area (Å²) in [6.45, 7) is 1.66. The number of benzene rings is 2. The van der Waals surface area contributed by atoms with Gasteiger partial charge in [0.2, 0.25) is 0 Å². The van der Waals surface area contributed by atoms with E-state index >= 15 is 0 Å². The van der Waals surface area contributed by atoms with E-state index in [0.29, 0.717) is 11.1 Å². The molecule has 0 aliphatic carbocycles. The van der Waals surface area contributed by atoms with Gasteiger partial charge in [-0.15, -0.1) is 0 Å². The normalized spacial score (nSPS) is 11.2. The van der Waals surface area contributed by atoms with E-state index in [0.717, 1.165) is 18.2 Å². The Morgan fingerprint density at radius 3 is 2.21 bits per heavy atom. The summed E-state index contributed by atoms with van der Waals surface area (Å²) in [7, 11) is -4.42. The molecule has 1 N–H and O–H groups in total. The first kappa shape index (κ1) is 17.5. The molecule has 2 aromatic rings. The van der Waals surface area contributed by atoms with Gasteiger partial charge in [-0.25, -0.2) is 0 Å². The predicted octanol–water partition coefficient (Wildman–Crippen LogP) is 2.65. The Hall–Kier alpha value is -2.85. The SMILES string of the molecule is Cc1ccc(S(=O)(=O)O)cc1Cc1cc([N+](=O)[O-])ccc1[N+](=O)[O-]. The number of hydrogen-bond donors (Lipinski definition) is 1. The molecule has 0 aromatic heterocycles. The molecule has 10 heteroatoms. The highest BCUT2D eigenvalue weighted by Crippen LogP contribution is 2.28. The van der Waals surface area contributed by atoms with Crippen molar-refractivity contribution in [1.29, 1.82) is 0 Å². The lowest BCUT2D eigenvalue weighted by Gasteiger charge is -2.08. The van der Waals surface area contributed by atoms with E-state index in [1.165, 1.54) is 18.2 Å². The van der Waals surface area contributed by atoms with Gasteiger partial charge in [-0.05, 0) is 30.2 Å². The van der Waals surface area contributed by atoms with Crippen LogP contribution in [-0.2, 0) is 16.5 Å². The van der Waals surface area contributed by atoms with E-state index in [4.69, 9.17) is 4.55 Å². The maximum Gasteiger partial charge on any atom is 0.294 e. The molecule has 0 amide bonds. The van der Waals surface area contributed by atoms with E-state index < -0.39 is 20.0 Å². The van der Waals surface area contributed by atoms with Gasteiger partial charge >= 0.3 is 0 Å². The van der Waals surface area contributed by atoms with Crippen molar-refractivity contribution < 1.29 is 22.8 Å². The number of nitro groups is 2. The molecule has 0 spiro atoms. The minimum Gasteiger partial charge on any atom is -0.282 e. The summed E-state index contributed by atoms with van der Waals surface area (Å²) in [6, 6.07) is 6.99. The zero-order valence-corrected chi connectivity index (χ0v) is 13.2. The van der Waals surface area contributed by atoms with Crippen molar-refractivity contribution in [2.75, 3.05) is 0 Å². The van der Waals surface area contributed by atoms with Gasteiger partial charge < -0.3 is 0 Å². The Morgan fingerprint density at radius 2 is 1.67 bits per heavy atom. The zero-order chi connectivity index (χ0) is 18.1. The standard InChI is InChI=1S/C14H12N2O7S/c1-9-2-4-13(24(21,22)23)8-10(9)6-11-7-12(15(17)18)3-5-14(11)16(19)20/h2-5,7-8H,6H2,1H3,(H,21,22,23). The largest absolute Gasteiger partial charge is 0.294 e. The second-order valence-corrected chi connectivity index (χ2v) is 6.49. The maximum absolute atomic E-state index is 11.2. The third kappa shape index (κ3) is 3.73. The van der Waals surface area contributed by atoms with Crippen LogP contribution in [0.25, 0.3) is 0 Å². The van der Waals surface area contributed by atoms with E-state index in [1.807, 2.05) is 0 Å². The van der Waals surface area contributed by atoms with Crippen LogP contribution in [0.2, 0.25) is 0 Å². The molecule has 126 valence electrons. The first-order chi connectivity index (χ1) is 11.1. The van der Waals surface area contributed by atoms with E-state index in [1.54, 1.807) is 6.92 Å². The highest BCUT2D eigenvalue weighted by atomic mass is 32.2. The molecular formula is C14H12N2O7S. The highest BCUT2D eigenvalue weighted by molar-refractivity contribution is 7.85. The molecule has 0 aliphatic heterocycles. The van der Waals surface area contributed by atoms with Crippen LogP contribution in [0.15, 0.2) is 41.3 Å². The lowest BCUT2D eigenvalue weighted by Crippen LogP contribution is -2.03. The number of hydrogen-bond acceptors (Lipinski definition) is 6. The van der Waals surface area contributed by atoms with Crippen molar-refractivity contribution in [3.63, 3.8) is 0 Å². The molecule has 2 rings (SSSR count). The highest BCUT2D eigenvalue weighted by Gasteiger charge is 2.20. The average molecular weight is 352 g/mol. The monoisotopic (exact) mass is 352 g/mol. The van der Waals surface area contributed by atoms with Gasteiger partial charge in [-0.3, -0.25) is 24.8 Å². The Kier molecular flexibility index (Phi) is 4.62. The first-order valence-corrected chi connectivity index (χ1v) is 8.02. The summed E-state index contributed by atoms with van der Waals surface area (Å²) in [6.07, 6.45) is -0.0901. The van der Waals surface area contributed by atoms with Gasteiger partial charge in [-0.2, -0.15) is 8.42 Å². The van der Waals surface area contributed by atoms with Crippen LogP contribution in [0, 0.1) is 27.2 Å². The van der Waals surface area contributed by atoms with Gasteiger partial charge in [0.25, 0.3) is 21.5 Å². The lowest BCUT2D eigenvalue weighted by molar-refractivity contribution is -0.389. The third-order valence-corrected chi connectivity index (χ3v) is 4.32. The molecule has 0 aliphatic rings. The minimum absolute atomic E-state index is 0.0739. The van der Waals surface area contributed by atoms with Gasteiger partial charge in [-0.1, -0.05) is 6.07 Å². The molecule has 0 atom stereocenters. The Bertz CT molecular complexity index is 938. The van der Waals surface area contributed by atoms with Crippen LogP contribution in [-0.4, -0.2) is 22.8 Å². The first-order valence-electron chi connectivity index (χ1n) is 6.58. The number of rotatable bonds is 5. The molecule has 0 bridgehead atoms. The Labute approximate surface area is 136 Å². The van der Waals surface area contributed by atoms with E-state index in [9.17, 15) is 28.6 Å². The molecule has 0 radical (unpaired) electrons. The summed E-state index contributed by atoms with van der Waals surface area (Å²) in [5.74, 6) is 0. The van der Waals surface area contributed by atoms with E-state index in [2.05, 4.69) is 0 Å². The lowest BCUT2D eigenvalue weighted by atomic mass is 9.99. The van der Waals surface area contributed by atoms with Crippen molar-refractivity contribution in [2.24, 2.45) is 0 Å². The number of non-ortho nitro benzene ring substituents is 1. The molecule has 0 saturated heterocycles. The predicted molar refractivity (Wildman–Crippen MR) is 83.6 cm³/mol. The molecule has 0 heterocycles.